The average Bonchev–Trinajstić information content (AvgIpc) is 3.99. The van der Waals surface area contributed by atoms with Gasteiger partial charge < -0.3 is 53.4 Å². The molecule has 1 amide bonds. The standard InChI is InChI=1S/C42H34N6O14/c49-24(18-56-29-3-1-5-31-37(29)26(50)16-34(61-31)40(53)54)19-57-30-4-2-6-32-38(30)27(51)17-35(62-32)41(55)58-20-25(46-36-10-12-45-42(47-36)48-14-13-43-21-48)39(52)44-11-9-23-7-8-28-33(15-23)60-22-59-28/h1-8,10,12-17,21,24-25,49H,9,11,18-20,22H2,(H,44,52)(H,53,54)(H,45,46,47). The quantitative estimate of drug-likeness (QED) is 0.0959. The van der Waals surface area contributed by atoms with E-state index in [-0.39, 0.29) is 71.8 Å². The summed E-state index contributed by atoms with van der Waals surface area (Å²) in [5.74, 6) is -2.11. The molecular formula is C42H34N6O14. The Morgan fingerprint density at radius 2 is 1.52 bits per heavy atom. The van der Waals surface area contributed by atoms with Crippen LogP contribution in [0.15, 0.2) is 116 Å². The van der Waals surface area contributed by atoms with Gasteiger partial charge in [-0.25, -0.2) is 19.6 Å². The molecule has 0 fully saturated rings. The molecule has 0 saturated carbocycles. The smallest absolute Gasteiger partial charge is 0.374 e. The number of carboxylic acids is 1. The lowest BCUT2D eigenvalue weighted by Crippen LogP contribution is -2.44. The SMILES string of the molecule is O=C(O)c1cc(=O)c2c(OCC(O)COc3cccc4oc(C(=O)OCC(Nc5ccnc(-n6ccnc6)n5)C(=O)NCCc5ccc6c(c5)OCO6)cc(=O)c34)cccc2o1. The van der Waals surface area contributed by atoms with Crippen LogP contribution in [0.1, 0.15) is 26.7 Å². The summed E-state index contributed by atoms with van der Waals surface area (Å²) in [6, 6.07) is 16.4. The number of hydrogen-bond donors (Lipinski definition) is 4. The van der Waals surface area contributed by atoms with Crippen LogP contribution in [0.25, 0.3) is 27.9 Å². The van der Waals surface area contributed by atoms with E-state index < -0.39 is 59.0 Å². The van der Waals surface area contributed by atoms with Crippen LogP contribution in [0.2, 0.25) is 0 Å². The topological polar surface area (TPSA) is 266 Å². The van der Waals surface area contributed by atoms with Gasteiger partial charge in [0.15, 0.2) is 22.4 Å². The third kappa shape index (κ3) is 9.14. The van der Waals surface area contributed by atoms with Crippen LogP contribution < -0.4 is 40.4 Å². The second kappa shape index (κ2) is 17.9. The highest BCUT2D eigenvalue weighted by Gasteiger charge is 2.24. The van der Waals surface area contributed by atoms with Crippen molar-refractivity contribution in [1.82, 2.24) is 24.8 Å². The maximum atomic E-state index is 13.6. The first-order valence-electron chi connectivity index (χ1n) is 18.8. The van der Waals surface area contributed by atoms with Crippen molar-refractivity contribution in [2.75, 3.05) is 38.5 Å². The largest absolute Gasteiger partial charge is 0.490 e. The molecule has 0 radical (unpaired) electrons. The zero-order chi connectivity index (χ0) is 43.2. The molecule has 4 N–H and O–H groups in total. The van der Waals surface area contributed by atoms with Gasteiger partial charge in [0, 0.05) is 37.3 Å². The Kier molecular flexibility index (Phi) is 11.7. The number of rotatable bonds is 17. The molecule has 1 aliphatic rings. The Labute approximate surface area is 348 Å². The third-order valence-corrected chi connectivity index (χ3v) is 9.26. The molecule has 20 nitrogen and oxygen atoms in total. The molecule has 2 unspecified atom stereocenters. The van der Waals surface area contributed by atoms with Gasteiger partial charge in [0.25, 0.3) is 0 Å². The molecule has 0 spiro atoms. The van der Waals surface area contributed by atoms with Gasteiger partial charge in [0.2, 0.25) is 30.2 Å². The summed E-state index contributed by atoms with van der Waals surface area (Å²) in [5.41, 5.74) is -0.458. The number of aromatic carboxylic acids is 1. The lowest BCUT2D eigenvalue weighted by Gasteiger charge is -2.19. The highest BCUT2D eigenvalue weighted by atomic mass is 16.7. The molecule has 4 aromatic heterocycles. The van der Waals surface area contributed by atoms with E-state index in [1.807, 2.05) is 12.1 Å². The number of nitrogens with zero attached hydrogens (tertiary/aromatic N) is 4. The number of aliphatic hydroxyl groups excluding tert-OH is 1. The first-order chi connectivity index (χ1) is 30.1. The number of aliphatic hydroxyl groups is 1. The van der Waals surface area contributed by atoms with Crippen molar-refractivity contribution in [3.05, 3.63) is 135 Å². The van der Waals surface area contributed by atoms with E-state index in [9.17, 15) is 34.2 Å². The number of ether oxygens (including phenoxy) is 5. The normalized spacial score (nSPS) is 12.7. The minimum Gasteiger partial charge on any atom is -0.490 e. The van der Waals surface area contributed by atoms with Gasteiger partial charge in [-0.3, -0.25) is 19.0 Å². The van der Waals surface area contributed by atoms with Gasteiger partial charge >= 0.3 is 11.9 Å². The number of aromatic nitrogens is 4. The molecule has 7 aromatic rings. The Hall–Kier alpha value is -8.26. The van der Waals surface area contributed by atoms with Gasteiger partial charge in [-0.05, 0) is 54.4 Å². The lowest BCUT2D eigenvalue weighted by molar-refractivity contribution is -0.122. The second-order valence-electron chi connectivity index (χ2n) is 13.5. The summed E-state index contributed by atoms with van der Waals surface area (Å²) in [6.45, 7) is -0.867. The highest BCUT2D eigenvalue weighted by Crippen LogP contribution is 2.32. The van der Waals surface area contributed by atoms with Crippen molar-refractivity contribution in [3.8, 4) is 28.9 Å². The van der Waals surface area contributed by atoms with Gasteiger partial charge in [-0.15, -0.1) is 0 Å². The second-order valence-corrected chi connectivity index (χ2v) is 13.5. The molecule has 3 aromatic carbocycles. The number of carbonyl (C=O) groups is 3. The number of benzene rings is 3. The molecule has 0 aliphatic carbocycles. The van der Waals surface area contributed by atoms with Crippen molar-refractivity contribution < 1.29 is 57.1 Å². The number of esters is 1. The zero-order valence-electron chi connectivity index (χ0n) is 32.2. The molecule has 1 aliphatic heterocycles. The van der Waals surface area contributed by atoms with Crippen LogP contribution in [0.3, 0.4) is 0 Å². The Bertz CT molecular complexity index is 2910. The molecule has 0 bridgehead atoms. The molecule has 316 valence electrons. The summed E-state index contributed by atoms with van der Waals surface area (Å²) >= 11 is 0. The number of anilines is 1. The van der Waals surface area contributed by atoms with E-state index in [1.165, 1.54) is 55.0 Å². The Morgan fingerprint density at radius 1 is 0.823 bits per heavy atom. The van der Waals surface area contributed by atoms with Crippen LogP contribution >= 0.6 is 0 Å². The zero-order valence-corrected chi connectivity index (χ0v) is 32.2. The first kappa shape index (κ1) is 40.5. The Morgan fingerprint density at radius 3 is 2.21 bits per heavy atom. The third-order valence-electron chi connectivity index (χ3n) is 9.26. The molecule has 62 heavy (non-hydrogen) atoms. The molecule has 20 heteroatoms. The van der Waals surface area contributed by atoms with Gasteiger partial charge in [-0.2, -0.15) is 4.98 Å². The predicted molar refractivity (Wildman–Crippen MR) is 215 cm³/mol. The maximum absolute atomic E-state index is 13.6. The van der Waals surface area contributed by atoms with Crippen molar-refractivity contribution in [3.63, 3.8) is 0 Å². The summed E-state index contributed by atoms with van der Waals surface area (Å²) in [5, 5.41) is 25.7. The summed E-state index contributed by atoms with van der Waals surface area (Å²) in [6.07, 6.45) is 5.38. The van der Waals surface area contributed by atoms with Gasteiger partial charge in [0.1, 0.15) is 77.5 Å². The van der Waals surface area contributed by atoms with E-state index in [4.69, 9.17) is 32.5 Å². The molecule has 2 atom stereocenters. The number of carbonyl (C=O) groups excluding carboxylic acids is 2. The molecule has 5 heterocycles. The van der Waals surface area contributed by atoms with E-state index >= 15 is 0 Å². The minimum absolute atomic E-state index is 0.0126. The fourth-order valence-corrected chi connectivity index (χ4v) is 6.29. The van der Waals surface area contributed by atoms with E-state index in [0.29, 0.717) is 17.9 Å². The van der Waals surface area contributed by atoms with Crippen LogP contribution in [0.5, 0.6) is 23.0 Å². The summed E-state index contributed by atoms with van der Waals surface area (Å²) < 4.78 is 40.3. The van der Waals surface area contributed by atoms with Crippen molar-refractivity contribution >= 4 is 45.6 Å². The van der Waals surface area contributed by atoms with E-state index in [2.05, 4.69) is 25.6 Å². The summed E-state index contributed by atoms with van der Waals surface area (Å²) in [7, 11) is 0. The predicted octanol–water partition coefficient (Wildman–Crippen LogP) is 3.12. The van der Waals surface area contributed by atoms with Crippen LogP contribution in [0, 0.1) is 0 Å². The number of nitrogens with one attached hydrogen (secondary N) is 2. The van der Waals surface area contributed by atoms with Crippen LogP contribution in [-0.2, 0) is 16.0 Å². The molecular weight excluding hydrogens is 812 g/mol. The van der Waals surface area contributed by atoms with Crippen molar-refractivity contribution in [2.45, 2.75) is 18.6 Å². The van der Waals surface area contributed by atoms with Gasteiger partial charge in [0.05, 0.1) is 0 Å². The average molecular weight is 847 g/mol. The lowest BCUT2D eigenvalue weighted by atomic mass is 10.1. The minimum atomic E-state index is -1.41. The number of hydrogen-bond acceptors (Lipinski definition) is 17. The van der Waals surface area contributed by atoms with Gasteiger partial charge in [-0.1, -0.05) is 18.2 Å². The molecule has 0 saturated heterocycles. The van der Waals surface area contributed by atoms with Crippen molar-refractivity contribution in [2.24, 2.45) is 0 Å². The number of amides is 1. The van der Waals surface area contributed by atoms with E-state index in [1.54, 1.807) is 23.0 Å². The number of fused-ring (bicyclic) bond motifs is 3. The van der Waals surface area contributed by atoms with Crippen LogP contribution in [-0.4, -0.2) is 92.9 Å². The summed E-state index contributed by atoms with van der Waals surface area (Å²) in [4.78, 5) is 76.9. The Balaban J connectivity index is 0.919. The highest BCUT2D eigenvalue weighted by molar-refractivity contribution is 5.92. The monoisotopic (exact) mass is 846 g/mol. The fourth-order valence-electron chi connectivity index (χ4n) is 6.29. The maximum Gasteiger partial charge on any atom is 0.374 e. The molecule has 8 rings (SSSR count). The van der Waals surface area contributed by atoms with Crippen LogP contribution in [0.4, 0.5) is 5.82 Å². The fraction of sp³-hybridized carbons (Fsp3) is 0.190. The number of carboxylic acid groups (broad SMARTS) is 1. The number of imidazole rings is 1. The first-order valence-corrected chi connectivity index (χ1v) is 18.8. The van der Waals surface area contributed by atoms with Crippen molar-refractivity contribution in [1.29, 1.82) is 0 Å². The van der Waals surface area contributed by atoms with E-state index in [0.717, 1.165) is 17.7 Å².